The van der Waals surface area contributed by atoms with Crippen molar-refractivity contribution in [3.63, 3.8) is 0 Å². The van der Waals surface area contributed by atoms with E-state index in [-0.39, 0.29) is 5.43 Å². The molecule has 34 heavy (non-hydrogen) atoms. The normalized spacial score (nSPS) is 18.8. The fraction of sp³-hybridized carbons (Fsp3) is 0.269. The SMILES string of the molecule is COc1cc2c(c3c1c(=O)c1cc4ccccc4cc1n3C)[C@@H](OC=O)[C@@H](OC=O)C(C)(C)O2. The Hall–Kier alpha value is -4.07. The zero-order chi connectivity index (χ0) is 24.2. The van der Waals surface area contributed by atoms with Gasteiger partial charge in [-0.3, -0.25) is 14.4 Å². The van der Waals surface area contributed by atoms with Crippen LogP contribution in [0.5, 0.6) is 11.5 Å². The van der Waals surface area contributed by atoms with Crippen LogP contribution >= 0.6 is 0 Å². The van der Waals surface area contributed by atoms with E-state index in [2.05, 4.69) is 0 Å². The summed E-state index contributed by atoms with van der Waals surface area (Å²) in [5, 5.41) is 2.76. The van der Waals surface area contributed by atoms with E-state index in [0.29, 0.717) is 51.8 Å². The molecule has 1 aliphatic rings. The summed E-state index contributed by atoms with van der Waals surface area (Å²) in [5.41, 5.74) is 0.351. The number of fused-ring (bicyclic) bond motifs is 5. The van der Waals surface area contributed by atoms with Gasteiger partial charge in [-0.25, -0.2) is 0 Å². The molecule has 0 saturated heterocycles. The van der Waals surface area contributed by atoms with Crippen LogP contribution in [-0.4, -0.2) is 36.3 Å². The maximum Gasteiger partial charge on any atom is 0.293 e. The molecule has 3 aromatic carbocycles. The lowest BCUT2D eigenvalue weighted by Crippen LogP contribution is -2.51. The van der Waals surface area contributed by atoms with Crippen LogP contribution in [0.1, 0.15) is 25.5 Å². The maximum atomic E-state index is 13.8. The van der Waals surface area contributed by atoms with Gasteiger partial charge in [-0.05, 0) is 36.8 Å². The third-order valence-electron chi connectivity index (χ3n) is 6.54. The topological polar surface area (TPSA) is 93.1 Å². The smallest absolute Gasteiger partial charge is 0.293 e. The van der Waals surface area contributed by atoms with Gasteiger partial charge in [-0.1, -0.05) is 24.3 Å². The molecule has 0 N–H and O–H groups in total. The van der Waals surface area contributed by atoms with Gasteiger partial charge in [0, 0.05) is 18.5 Å². The second kappa shape index (κ2) is 7.76. The average Bonchev–Trinajstić information content (AvgIpc) is 2.82. The van der Waals surface area contributed by atoms with Crippen LogP contribution in [0, 0.1) is 0 Å². The average molecular weight is 461 g/mol. The van der Waals surface area contributed by atoms with Gasteiger partial charge in [0.1, 0.15) is 17.1 Å². The van der Waals surface area contributed by atoms with Crippen molar-refractivity contribution < 1.29 is 28.5 Å². The number of rotatable bonds is 5. The van der Waals surface area contributed by atoms with Crippen molar-refractivity contribution in [1.29, 1.82) is 0 Å². The molecule has 0 saturated carbocycles. The highest BCUT2D eigenvalue weighted by molar-refractivity contribution is 6.04. The first-order valence-electron chi connectivity index (χ1n) is 10.8. The molecular formula is C26H23NO7. The minimum atomic E-state index is -1.02. The van der Waals surface area contributed by atoms with Crippen molar-refractivity contribution in [2.24, 2.45) is 7.05 Å². The fourth-order valence-corrected chi connectivity index (χ4v) is 5.02. The molecule has 0 fully saturated rings. The highest BCUT2D eigenvalue weighted by atomic mass is 16.6. The van der Waals surface area contributed by atoms with Gasteiger partial charge < -0.3 is 23.5 Å². The summed E-state index contributed by atoms with van der Waals surface area (Å²) in [5.74, 6) is 0.710. The van der Waals surface area contributed by atoms with Crippen molar-refractivity contribution in [3.05, 3.63) is 58.3 Å². The Labute approximate surface area is 194 Å². The Bertz CT molecular complexity index is 1540. The number of hydrogen-bond acceptors (Lipinski definition) is 7. The number of carbonyl (C=O) groups is 2. The Morgan fingerprint density at radius 1 is 1.03 bits per heavy atom. The lowest BCUT2D eigenvalue weighted by atomic mass is 9.86. The Kier molecular flexibility index (Phi) is 4.97. The van der Waals surface area contributed by atoms with E-state index in [4.69, 9.17) is 18.9 Å². The summed E-state index contributed by atoms with van der Waals surface area (Å²) in [6, 6.07) is 13.2. The van der Waals surface area contributed by atoms with Crippen LogP contribution in [0.25, 0.3) is 32.6 Å². The molecular weight excluding hydrogens is 438 g/mol. The lowest BCUT2D eigenvalue weighted by molar-refractivity contribution is -0.174. The van der Waals surface area contributed by atoms with Crippen molar-refractivity contribution in [1.82, 2.24) is 4.57 Å². The summed E-state index contributed by atoms with van der Waals surface area (Å²) >= 11 is 0. The predicted molar refractivity (Wildman–Crippen MR) is 126 cm³/mol. The number of hydrogen-bond donors (Lipinski definition) is 0. The zero-order valence-electron chi connectivity index (χ0n) is 19.2. The molecule has 1 aliphatic heterocycles. The largest absolute Gasteiger partial charge is 0.496 e. The predicted octanol–water partition coefficient (Wildman–Crippen LogP) is 3.78. The molecule has 0 aliphatic carbocycles. The van der Waals surface area contributed by atoms with E-state index in [1.807, 2.05) is 48.0 Å². The zero-order valence-corrected chi connectivity index (χ0v) is 19.2. The standard InChI is InChI=1S/C26H23NO7/c1-26(2)25(33-13-29)24(32-12-28)21-19(34-26)11-18(31-4)20-22(21)27(3)17-10-15-8-6-5-7-14(15)9-16(17)23(20)30/h5-13,24-25H,1-4H3/t24-,25-/m1/s1. The van der Waals surface area contributed by atoms with Crippen LogP contribution in [0.3, 0.4) is 0 Å². The molecule has 2 atom stereocenters. The molecule has 0 radical (unpaired) electrons. The number of pyridine rings is 1. The number of aromatic nitrogens is 1. The molecule has 8 nitrogen and oxygen atoms in total. The first kappa shape index (κ1) is 21.8. The van der Waals surface area contributed by atoms with E-state index in [0.717, 1.165) is 10.8 Å². The van der Waals surface area contributed by atoms with Gasteiger partial charge in [-0.2, -0.15) is 0 Å². The molecule has 8 heteroatoms. The molecule has 0 amide bonds. The summed E-state index contributed by atoms with van der Waals surface area (Å²) in [4.78, 5) is 36.6. The van der Waals surface area contributed by atoms with Crippen LogP contribution < -0.4 is 14.9 Å². The third kappa shape index (κ3) is 3.02. The van der Waals surface area contributed by atoms with Gasteiger partial charge in [0.25, 0.3) is 12.9 Å². The molecule has 2 heterocycles. The lowest BCUT2D eigenvalue weighted by Gasteiger charge is -2.42. The third-order valence-corrected chi connectivity index (χ3v) is 6.54. The van der Waals surface area contributed by atoms with E-state index >= 15 is 0 Å². The van der Waals surface area contributed by atoms with E-state index < -0.39 is 17.8 Å². The Morgan fingerprint density at radius 2 is 1.71 bits per heavy atom. The second-order valence-electron chi connectivity index (χ2n) is 8.83. The minimum absolute atomic E-state index is 0.226. The first-order chi connectivity index (χ1) is 16.3. The van der Waals surface area contributed by atoms with Crippen molar-refractivity contribution in [3.8, 4) is 11.5 Å². The van der Waals surface area contributed by atoms with Gasteiger partial charge in [-0.15, -0.1) is 0 Å². The molecule has 4 aromatic rings. The summed E-state index contributed by atoms with van der Waals surface area (Å²) < 4.78 is 24.5. The number of benzene rings is 3. The monoisotopic (exact) mass is 461 g/mol. The van der Waals surface area contributed by atoms with E-state index in [9.17, 15) is 14.4 Å². The quantitative estimate of drug-likeness (QED) is 0.330. The van der Waals surface area contributed by atoms with Crippen molar-refractivity contribution in [2.75, 3.05) is 7.11 Å². The van der Waals surface area contributed by atoms with Crippen LogP contribution in [0.4, 0.5) is 0 Å². The number of methoxy groups -OCH3 is 1. The van der Waals surface area contributed by atoms with Crippen molar-refractivity contribution >= 4 is 45.5 Å². The highest BCUT2D eigenvalue weighted by Crippen LogP contribution is 2.48. The minimum Gasteiger partial charge on any atom is -0.496 e. The van der Waals surface area contributed by atoms with Crippen LogP contribution in [0.2, 0.25) is 0 Å². The van der Waals surface area contributed by atoms with E-state index in [1.54, 1.807) is 19.9 Å². The number of nitrogens with zero attached hydrogens (tertiary/aromatic N) is 1. The summed E-state index contributed by atoms with van der Waals surface area (Å²) in [7, 11) is 3.31. The molecule has 1 aromatic heterocycles. The maximum absolute atomic E-state index is 13.8. The Balaban J connectivity index is 1.98. The molecule has 5 rings (SSSR count). The highest BCUT2D eigenvalue weighted by Gasteiger charge is 2.49. The van der Waals surface area contributed by atoms with E-state index in [1.165, 1.54) is 7.11 Å². The summed E-state index contributed by atoms with van der Waals surface area (Å²) in [6.45, 7) is 4.06. The van der Waals surface area contributed by atoms with Gasteiger partial charge in [0.2, 0.25) is 5.43 Å². The Morgan fingerprint density at radius 3 is 2.35 bits per heavy atom. The van der Waals surface area contributed by atoms with Gasteiger partial charge in [0.05, 0.1) is 29.1 Å². The molecule has 0 spiro atoms. The number of ether oxygens (including phenoxy) is 4. The van der Waals surface area contributed by atoms with Gasteiger partial charge in [0.15, 0.2) is 12.2 Å². The van der Waals surface area contributed by atoms with Crippen molar-refractivity contribution in [2.45, 2.75) is 31.7 Å². The first-order valence-corrected chi connectivity index (χ1v) is 10.8. The van der Waals surface area contributed by atoms with Crippen LogP contribution in [0.15, 0.2) is 47.3 Å². The van der Waals surface area contributed by atoms with Crippen LogP contribution in [-0.2, 0) is 26.1 Å². The fourth-order valence-electron chi connectivity index (χ4n) is 5.02. The summed E-state index contributed by atoms with van der Waals surface area (Å²) in [6.07, 6.45) is -1.94. The second-order valence-corrected chi connectivity index (χ2v) is 8.83. The molecule has 0 unspecified atom stereocenters. The molecule has 0 bridgehead atoms. The number of aryl methyl sites for hydroxylation is 1. The van der Waals surface area contributed by atoms with Gasteiger partial charge >= 0.3 is 0 Å². The molecule has 174 valence electrons. The number of carbonyl (C=O) groups excluding carboxylic acids is 2.